The number of methoxy groups -OCH3 is 1. The molecule has 3 N–H and O–H groups in total. The first kappa shape index (κ1) is 30.6. The van der Waals surface area contributed by atoms with Gasteiger partial charge in [0.25, 0.3) is 0 Å². The van der Waals surface area contributed by atoms with Crippen LogP contribution in [0.3, 0.4) is 0 Å². The van der Waals surface area contributed by atoms with Gasteiger partial charge < -0.3 is 29.8 Å². The van der Waals surface area contributed by atoms with Crippen molar-refractivity contribution >= 4 is 19.0 Å². The molecule has 1 saturated heterocycles. The zero-order valence-corrected chi connectivity index (χ0v) is 25.9. The molecule has 2 aromatic carbocycles. The number of nitrogens with two attached hydrogens (primary N) is 1. The monoisotopic (exact) mass is 576 g/mol. The summed E-state index contributed by atoms with van der Waals surface area (Å²) in [5.74, 6) is 0.0549. The summed E-state index contributed by atoms with van der Waals surface area (Å²) in [6.07, 6.45) is 2.73. The lowest BCUT2D eigenvalue weighted by molar-refractivity contribution is -0.199. The number of carbonyl (C=O) groups excluding carboxylic acids is 2. The van der Waals surface area contributed by atoms with Gasteiger partial charge in [-0.15, -0.1) is 0 Å². The number of hydrogen-bond acceptors (Lipinski definition) is 7. The molecule has 0 spiro atoms. The minimum Gasteiger partial charge on any atom is -0.496 e. The van der Waals surface area contributed by atoms with Gasteiger partial charge in [-0.1, -0.05) is 56.3 Å². The summed E-state index contributed by atoms with van der Waals surface area (Å²) in [7, 11) is 0.849. The van der Waals surface area contributed by atoms with E-state index in [-0.39, 0.29) is 17.4 Å². The fourth-order valence-corrected chi connectivity index (χ4v) is 7.25. The molecule has 42 heavy (non-hydrogen) atoms. The molecular weight excluding hydrogens is 531 g/mol. The molecule has 1 heterocycles. The lowest BCUT2D eigenvalue weighted by Gasteiger charge is -2.64. The van der Waals surface area contributed by atoms with Gasteiger partial charge in [-0.2, -0.15) is 0 Å². The van der Waals surface area contributed by atoms with Gasteiger partial charge in [0.1, 0.15) is 16.9 Å². The van der Waals surface area contributed by atoms with Crippen molar-refractivity contribution in [1.82, 2.24) is 5.32 Å². The Kier molecular flexibility index (Phi) is 8.24. The number of esters is 1. The number of amides is 1. The molecule has 9 heteroatoms. The first-order valence-electron chi connectivity index (χ1n) is 15.1. The molecule has 1 aliphatic heterocycles. The zero-order chi connectivity index (χ0) is 30.4. The summed E-state index contributed by atoms with van der Waals surface area (Å²) < 4.78 is 24.8. The second-order valence-corrected chi connectivity index (χ2v) is 14.0. The van der Waals surface area contributed by atoms with Gasteiger partial charge in [0.15, 0.2) is 0 Å². The number of rotatable bonds is 9. The van der Waals surface area contributed by atoms with E-state index in [1.54, 1.807) is 12.1 Å². The molecule has 3 saturated carbocycles. The van der Waals surface area contributed by atoms with Crippen LogP contribution in [0.2, 0.25) is 0 Å². The van der Waals surface area contributed by atoms with E-state index in [2.05, 4.69) is 26.1 Å². The molecule has 4 aliphatic rings. The molecule has 2 aromatic rings. The molecule has 3 aliphatic carbocycles. The van der Waals surface area contributed by atoms with Crippen molar-refractivity contribution in [1.29, 1.82) is 0 Å². The molecule has 4 unspecified atom stereocenters. The molecule has 4 fully saturated rings. The summed E-state index contributed by atoms with van der Waals surface area (Å²) in [5, 5.41) is 3.16. The van der Waals surface area contributed by atoms with E-state index in [1.807, 2.05) is 57.2 Å². The van der Waals surface area contributed by atoms with Gasteiger partial charge in [-0.25, -0.2) is 4.79 Å². The molecule has 6 rings (SSSR count). The Labute approximate surface area is 250 Å². The number of hydrogen-bond donors (Lipinski definition) is 2. The molecule has 8 nitrogen and oxygen atoms in total. The van der Waals surface area contributed by atoms with Crippen LogP contribution in [0.4, 0.5) is 0 Å². The Bertz CT molecular complexity index is 1310. The van der Waals surface area contributed by atoms with Crippen LogP contribution in [0.1, 0.15) is 75.9 Å². The van der Waals surface area contributed by atoms with Crippen molar-refractivity contribution in [2.24, 2.45) is 23.0 Å². The van der Waals surface area contributed by atoms with Gasteiger partial charge in [-0.05, 0) is 87.8 Å². The molecule has 0 aromatic heterocycles. The van der Waals surface area contributed by atoms with Crippen molar-refractivity contribution < 1.29 is 28.4 Å². The largest absolute Gasteiger partial charge is 0.496 e. The fraction of sp³-hybridized carbons (Fsp3) is 0.576. The van der Waals surface area contributed by atoms with Crippen LogP contribution in [0, 0.1) is 17.3 Å². The Morgan fingerprint density at radius 2 is 1.79 bits per heavy atom. The van der Waals surface area contributed by atoms with E-state index < -0.39 is 36.3 Å². The first-order valence-corrected chi connectivity index (χ1v) is 15.1. The van der Waals surface area contributed by atoms with E-state index in [9.17, 15) is 9.59 Å². The van der Waals surface area contributed by atoms with E-state index in [1.165, 1.54) is 7.11 Å². The van der Waals surface area contributed by atoms with Crippen LogP contribution in [0.25, 0.3) is 0 Å². The quantitative estimate of drug-likeness (QED) is 0.334. The van der Waals surface area contributed by atoms with E-state index in [0.29, 0.717) is 36.0 Å². The Morgan fingerprint density at radius 3 is 2.43 bits per heavy atom. The third kappa shape index (κ3) is 5.83. The highest BCUT2D eigenvalue weighted by molar-refractivity contribution is 6.48. The van der Waals surface area contributed by atoms with Gasteiger partial charge in [-0.3, -0.25) is 4.79 Å². The van der Waals surface area contributed by atoms with Gasteiger partial charge >= 0.3 is 13.1 Å². The lowest BCUT2D eigenvalue weighted by Crippen LogP contribution is -2.65. The van der Waals surface area contributed by atoms with Crippen molar-refractivity contribution in [3.8, 4) is 5.75 Å². The van der Waals surface area contributed by atoms with Crippen LogP contribution in [0.5, 0.6) is 5.75 Å². The summed E-state index contributed by atoms with van der Waals surface area (Å²) in [6, 6.07) is 14.3. The fourth-order valence-electron chi connectivity index (χ4n) is 7.25. The normalized spacial score (nSPS) is 27.3. The van der Waals surface area contributed by atoms with Crippen LogP contribution in [0.15, 0.2) is 48.5 Å². The molecule has 1 amide bonds. The highest BCUT2D eigenvalue weighted by atomic mass is 16.7. The maximum atomic E-state index is 13.5. The number of nitrogens with one attached hydrogen (secondary N) is 1. The van der Waals surface area contributed by atoms with Crippen molar-refractivity contribution in [3.05, 3.63) is 65.2 Å². The van der Waals surface area contributed by atoms with E-state index in [0.717, 1.165) is 24.0 Å². The Balaban J connectivity index is 1.42. The number of carbonyl (C=O) groups is 2. The highest BCUT2D eigenvalue weighted by Crippen LogP contribution is 2.65. The minimum atomic E-state index is -0.754. The highest BCUT2D eigenvalue weighted by Gasteiger charge is 2.68. The lowest BCUT2D eigenvalue weighted by atomic mass is 9.43. The number of benzene rings is 2. The standard InChI is InChI=1S/C33H45BN2O6/c1-31(2,3)40-30(38)23-15-11-14-21(28(23)39-7)17-27(36-29(37)24(35)16-20-12-9-8-10-13-20)34-41-26-19-22-18-25(32(22,4)5)33(26,6)42-34/h8-15,22,24-27H,16-19,35H2,1-7H3,(H,36,37)/t22?,24?,25?,26?,27-,33-/m0/s1. The van der Waals surface area contributed by atoms with Crippen LogP contribution >= 0.6 is 0 Å². The molecular formula is C33H45BN2O6. The smallest absolute Gasteiger partial charge is 0.482 e. The molecule has 0 radical (unpaired) electrons. The number of para-hydroxylation sites is 1. The zero-order valence-electron chi connectivity index (χ0n) is 25.9. The Morgan fingerprint density at radius 1 is 1.07 bits per heavy atom. The van der Waals surface area contributed by atoms with E-state index >= 15 is 0 Å². The molecule has 6 atom stereocenters. The van der Waals surface area contributed by atoms with E-state index in [4.69, 9.17) is 24.5 Å². The molecule has 2 bridgehead atoms. The van der Waals surface area contributed by atoms with Crippen LogP contribution in [-0.2, 0) is 31.7 Å². The van der Waals surface area contributed by atoms with Crippen LogP contribution in [-0.4, -0.2) is 55.4 Å². The van der Waals surface area contributed by atoms with Gasteiger partial charge in [0, 0.05) is 0 Å². The second-order valence-electron chi connectivity index (χ2n) is 14.0. The average Bonchev–Trinajstić information content (AvgIpc) is 3.29. The molecule has 226 valence electrons. The SMILES string of the molecule is COc1c(C[C@H](NC(=O)C(N)Cc2ccccc2)B2OC3CC4CC(C4(C)C)[C@]3(C)O2)cccc1C(=O)OC(C)(C)C. The summed E-state index contributed by atoms with van der Waals surface area (Å²) in [6.45, 7) is 12.3. The summed E-state index contributed by atoms with van der Waals surface area (Å²) in [4.78, 5) is 26.6. The Hall–Kier alpha value is -2.88. The van der Waals surface area contributed by atoms with Gasteiger partial charge in [0.05, 0.1) is 30.8 Å². The van der Waals surface area contributed by atoms with Gasteiger partial charge in [0.2, 0.25) is 5.91 Å². The minimum absolute atomic E-state index is 0.0494. The van der Waals surface area contributed by atoms with Crippen molar-refractivity contribution in [2.45, 2.75) is 96.5 Å². The topological polar surface area (TPSA) is 109 Å². The summed E-state index contributed by atoms with van der Waals surface area (Å²) >= 11 is 0. The maximum Gasteiger partial charge on any atom is 0.482 e. The average molecular weight is 577 g/mol. The first-order chi connectivity index (χ1) is 19.7. The maximum absolute atomic E-state index is 13.5. The second kappa shape index (κ2) is 11.3. The van der Waals surface area contributed by atoms with Crippen LogP contribution < -0.4 is 15.8 Å². The predicted octanol–water partition coefficient (Wildman–Crippen LogP) is 4.52. The van der Waals surface area contributed by atoms with Crippen molar-refractivity contribution in [2.75, 3.05) is 7.11 Å². The summed E-state index contributed by atoms with van der Waals surface area (Å²) in [5.41, 5.74) is 7.53. The van der Waals surface area contributed by atoms with Crippen molar-refractivity contribution in [3.63, 3.8) is 0 Å². The predicted molar refractivity (Wildman–Crippen MR) is 162 cm³/mol. The third-order valence-corrected chi connectivity index (χ3v) is 9.62. The third-order valence-electron chi connectivity index (χ3n) is 9.62. The number of ether oxygens (including phenoxy) is 2.